The van der Waals surface area contributed by atoms with Crippen molar-refractivity contribution in [2.45, 2.75) is 26.7 Å². The van der Waals surface area contributed by atoms with Crippen molar-refractivity contribution in [1.82, 2.24) is 14.9 Å². The predicted octanol–water partition coefficient (Wildman–Crippen LogP) is 5.59. The van der Waals surface area contributed by atoms with E-state index >= 15 is 0 Å². The molecule has 2 aromatic carbocycles. The summed E-state index contributed by atoms with van der Waals surface area (Å²) in [6, 6.07) is 7.99. The highest BCUT2D eigenvalue weighted by Gasteiger charge is 2.23. The lowest BCUT2D eigenvalue weighted by atomic mass is 10.1. The van der Waals surface area contributed by atoms with Gasteiger partial charge in [-0.25, -0.2) is 14.4 Å². The maximum atomic E-state index is 13.7. The third-order valence-corrected chi connectivity index (χ3v) is 7.45. The number of nitrogens with zero attached hydrogens (tertiary/aromatic N) is 3. The molecule has 0 saturated heterocycles. The average molecular weight is 630 g/mol. The third-order valence-electron chi connectivity index (χ3n) is 6.36. The van der Waals surface area contributed by atoms with Crippen molar-refractivity contribution in [2.75, 3.05) is 49.2 Å². The quantitative estimate of drug-likeness (QED) is 0.162. The summed E-state index contributed by atoms with van der Waals surface area (Å²) in [5.41, 5.74) is 1.87. The van der Waals surface area contributed by atoms with Gasteiger partial charge in [0.15, 0.2) is 5.12 Å². The number of thioether (sulfide) groups is 1. The Kier molecular flexibility index (Phi) is 11.6. The first-order valence-corrected chi connectivity index (χ1v) is 15.2. The van der Waals surface area contributed by atoms with Crippen LogP contribution in [0.4, 0.5) is 21.6 Å². The number of rotatable bonds is 15. The number of carbonyl (C=O) groups is 3. The molecule has 1 aliphatic carbocycles. The number of hydrogen-bond donors (Lipinski definition) is 2. The molecule has 0 unspecified atom stereocenters. The second kappa shape index (κ2) is 15.5. The monoisotopic (exact) mass is 629 g/mol. The largest absolute Gasteiger partial charge is 0.491 e. The van der Waals surface area contributed by atoms with Crippen molar-refractivity contribution in [3.63, 3.8) is 0 Å². The maximum Gasteiger partial charge on any atom is 0.325 e. The predicted molar refractivity (Wildman–Crippen MR) is 166 cm³/mol. The van der Waals surface area contributed by atoms with Crippen LogP contribution in [0.25, 0.3) is 10.9 Å². The van der Waals surface area contributed by atoms with Gasteiger partial charge in [0.2, 0.25) is 5.91 Å². The van der Waals surface area contributed by atoms with Crippen LogP contribution in [0.1, 0.15) is 26.7 Å². The van der Waals surface area contributed by atoms with Crippen LogP contribution in [0.3, 0.4) is 0 Å². The van der Waals surface area contributed by atoms with Gasteiger partial charge in [0.05, 0.1) is 29.4 Å². The summed E-state index contributed by atoms with van der Waals surface area (Å²) in [4.78, 5) is 46.3. The zero-order chi connectivity index (χ0) is 30.8. The SMILES string of the molecule is CCOC(=O)CN(CCSC(C)=O)C(=O)C=CCNc1cc2c(Nc3ccc(F)c(Cl)c3)ncnc2cc1OCC1CC1. The molecular weight excluding hydrogens is 597 g/mol. The Morgan fingerprint density at radius 3 is 2.74 bits per heavy atom. The van der Waals surface area contributed by atoms with Gasteiger partial charge in [-0.1, -0.05) is 29.4 Å². The van der Waals surface area contributed by atoms with E-state index in [1.165, 1.54) is 36.4 Å². The van der Waals surface area contributed by atoms with Crippen LogP contribution in [0, 0.1) is 11.7 Å². The average Bonchev–Trinajstić information content (AvgIpc) is 3.80. The molecular formula is C30H33ClFN5O5S. The van der Waals surface area contributed by atoms with Crippen molar-refractivity contribution in [3.8, 4) is 5.75 Å². The molecule has 0 atom stereocenters. The lowest BCUT2D eigenvalue weighted by Crippen LogP contribution is -2.37. The molecule has 4 rings (SSSR count). The van der Waals surface area contributed by atoms with Gasteiger partial charge in [0.1, 0.15) is 30.3 Å². The lowest BCUT2D eigenvalue weighted by Gasteiger charge is -2.19. The van der Waals surface area contributed by atoms with Gasteiger partial charge in [0.25, 0.3) is 0 Å². The minimum Gasteiger partial charge on any atom is -0.491 e. The second-order valence-corrected chi connectivity index (χ2v) is 11.5. The third kappa shape index (κ3) is 9.82. The Balaban J connectivity index is 1.50. The number of fused-ring (bicyclic) bond motifs is 1. The fourth-order valence-electron chi connectivity index (χ4n) is 4.01. The number of carbonyl (C=O) groups excluding carboxylic acids is 3. The molecule has 228 valence electrons. The van der Waals surface area contributed by atoms with Gasteiger partial charge in [-0.15, -0.1) is 0 Å². The van der Waals surface area contributed by atoms with Crippen molar-refractivity contribution >= 4 is 68.5 Å². The van der Waals surface area contributed by atoms with Crippen molar-refractivity contribution < 1.29 is 28.2 Å². The lowest BCUT2D eigenvalue weighted by molar-refractivity contribution is -0.147. The van der Waals surface area contributed by atoms with Crippen LogP contribution < -0.4 is 15.4 Å². The fourth-order valence-corrected chi connectivity index (χ4v) is 4.79. The molecule has 1 aromatic heterocycles. The molecule has 13 heteroatoms. The highest BCUT2D eigenvalue weighted by Crippen LogP contribution is 2.36. The molecule has 1 aliphatic rings. The van der Waals surface area contributed by atoms with Gasteiger partial charge >= 0.3 is 5.97 Å². The molecule has 0 radical (unpaired) electrons. The Bertz CT molecular complexity index is 1500. The molecule has 2 N–H and O–H groups in total. The van der Waals surface area contributed by atoms with E-state index in [9.17, 15) is 18.8 Å². The summed E-state index contributed by atoms with van der Waals surface area (Å²) < 4.78 is 24.8. The van der Waals surface area contributed by atoms with Crippen molar-refractivity contribution in [2.24, 2.45) is 5.92 Å². The van der Waals surface area contributed by atoms with E-state index in [0.29, 0.717) is 52.1 Å². The van der Waals surface area contributed by atoms with Gasteiger partial charge in [-0.05, 0) is 49.9 Å². The molecule has 3 aromatic rings. The van der Waals surface area contributed by atoms with E-state index in [-0.39, 0.29) is 42.3 Å². The van der Waals surface area contributed by atoms with Crippen LogP contribution in [-0.2, 0) is 19.1 Å². The van der Waals surface area contributed by atoms with E-state index in [1.54, 1.807) is 19.1 Å². The Morgan fingerprint density at radius 1 is 1.21 bits per heavy atom. The molecule has 1 amide bonds. The van der Waals surface area contributed by atoms with Crippen LogP contribution in [0.15, 0.2) is 48.8 Å². The molecule has 0 spiro atoms. The number of halogens is 2. The van der Waals surface area contributed by atoms with Gasteiger partial charge in [-0.2, -0.15) is 0 Å². The summed E-state index contributed by atoms with van der Waals surface area (Å²) in [7, 11) is 0. The van der Waals surface area contributed by atoms with Crippen molar-refractivity contribution in [3.05, 3.63) is 59.7 Å². The van der Waals surface area contributed by atoms with Crippen LogP contribution in [-0.4, -0.2) is 70.5 Å². The van der Waals surface area contributed by atoms with E-state index in [1.807, 2.05) is 12.1 Å². The van der Waals surface area contributed by atoms with Crippen LogP contribution >= 0.6 is 23.4 Å². The Hall–Kier alpha value is -3.90. The van der Waals surface area contributed by atoms with Crippen LogP contribution in [0.2, 0.25) is 5.02 Å². The zero-order valence-electron chi connectivity index (χ0n) is 23.9. The van der Waals surface area contributed by atoms with Gasteiger partial charge in [-0.3, -0.25) is 14.4 Å². The first-order chi connectivity index (χ1) is 20.7. The van der Waals surface area contributed by atoms with E-state index in [2.05, 4.69) is 20.6 Å². The number of hydrogen-bond acceptors (Lipinski definition) is 10. The van der Waals surface area contributed by atoms with Gasteiger partial charge in [0, 0.05) is 49.0 Å². The van der Waals surface area contributed by atoms with E-state index in [4.69, 9.17) is 21.1 Å². The molecule has 0 bridgehead atoms. The molecule has 43 heavy (non-hydrogen) atoms. The standard InChI is InChI=1S/C30H33ClFN5O5S/c1-3-41-29(40)16-37(11-12-43-19(2)38)28(39)5-4-10-33-26-14-22-25(15-27(26)42-17-20-6-7-20)34-18-35-30(22)36-21-8-9-24(32)23(31)13-21/h4-5,8-9,13-15,18,20,33H,3,6-7,10-12,16-17H2,1-2H3,(H,34,35,36). The minimum absolute atomic E-state index is 0.0127. The van der Waals surface area contributed by atoms with E-state index < -0.39 is 11.8 Å². The number of anilines is 3. The molecule has 1 heterocycles. The zero-order valence-corrected chi connectivity index (χ0v) is 25.5. The summed E-state index contributed by atoms with van der Waals surface area (Å²) in [6.45, 7) is 4.23. The first-order valence-electron chi connectivity index (χ1n) is 13.9. The van der Waals surface area contributed by atoms with Crippen molar-refractivity contribution in [1.29, 1.82) is 0 Å². The number of benzene rings is 2. The normalized spacial score (nSPS) is 12.7. The highest BCUT2D eigenvalue weighted by atomic mass is 35.5. The van der Waals surface area contributed by atoms with Gasteiger partial charge < -0.3 is 25.0 Å². The minimum atomic E-state index is -0.519. The number of ether oxygens (including phenoxy) is 2. The maximum absolute atomic E-state index is 13.7. The fraction of sp³-hybridized carbons (Fsp3) is 0.367. The summed E-state index contributed by atoms with van der Waals surface area (Å²) in [5, 5.41) is 7.07. The number of nitrogens with one attached hydrogen (secondary N) is 2. The number of esters is 1. The first kappa shape index (κ1) is 32.0. The topological polar surface area (TPSA) is 123 Å². The summed E-state index contributed by atoms with van der Waals surface area (Å²) in [6.07, 6.45) is 6.72. The van der Waals surface area contributed by atoms with Crippen LogP contribution in [0.5, 0.6) is 5.75 Å². The highest BCUT2D eigenvalue weighted by molar-refractivity contribution is 8.13. The molecule has 1 fully saturated rings. The Morgan fingerprint density at radius 2 is 2.02 bits per heavy atom. The molecule has 10 nitrogen and oxygen atoms in total. The number of aromatic nitrogens is 2. The molecule has 1 saturated carbocycles. The smallest absolute Gasteiger partial charge is 0.325 e. The molecule has 0 aliphatic heterocycles. The second-order valence-electron chi connectivity index (χ2n) is 9.78. The summed E-state index contributed by atoms with van der Waals surface area (Å²) in [5.74, 6) is 0.590. The van der Waals surface area contributed by atoms with E-state index in [0.717, 1.165) is 24.6 Å². The Labute approximate surface area is 258 Å². The summed E-state index contributed by atoms with van der Waals surface area (Å²) >= 11 is 7.04. The number of amides is 1.